The Hall–Kier alpha value is -2.81. The molecule has 0 radical (unpaired) electrons. The largest absolute Gasteiger partial charge is 0.508 e. The quantitative estimate of drug-likeness (QED) is 0.838. The van der Waals surface area contributed by atoms with Gasteiger partial charge in [-0.3, -0.25) is 9.69 Å². The van der Waals surface area contributed by atoms with Crippen LogP contribution in [0.1, 0.15) is 24.5 Å². The molecular weight excluding hydrogens is 362 g/mol. The number of hydrogen-bond acceptors (Lipinski definition) is 4. The van der Waals surface area contributed by atoms with E-state index < -0.39 is 0 Å². The van der Waals surface area contributed by atoms with E-state index in [4.69, 9.17) is 16.9 Å². The molecule has 3 rings (SSSR count). The summed E-state index contributed by atoms with van der Waals surface area (Å²) >= 11 is 6.02. The molecule has 1 aliphatic rings. The topological polar surface area (TPSA) is 76.4 Å². The summed E-state index contributed by atoms with van der Waals surface area (Å²) in [5.74, 6) is 0.141. The van der Waals surface area contributed by atoms with Crippen LogP contribution in [0.4, 0.5) is 5.69 Å². The van der Waals surface area contributed by atoms with Crippen LogP contribution in [-0.4, -0.2) is 35.0 Å². The molecule has 0 bridgehead atoms. The maximum Gasteiger partial charge on any atom is 0.241 e. The van der Waals surface area contributed by atoms with E-state index in [1.165, 1.54) is 5.57 Å². The first-order chi connectivity index (χ1) is 13.0. The first-order valence-electron chi connectivity index (χ1n) is 8.71. The number of carbonyl (C=O) groups is 1. The zero-order valence-corrected chi connectivity index (χ0v) is 15.7. The normalized spacial score (nSPS) is 15.5. The predicted molar refractivity (Wildman–Crippen MR) is 107 cm³/mol. The van der Waals surface area contributed by atoms with E-state index in [0.29, 0.717) is 22.8 Å². The molecule has 0 saturated heterocycles. The van der Waals surface area contributed by atoms with Crippen molar-refractivity contribution in [3.05, 3.63) is 64.7 Å². The minimum atomic E-state index is -0.294. The Labute approximate surface area is 163 Å². The summed E-state index contributed by atoms with van der Waals surface area (Å²) in [4.78, 5) is 14.7. The van der Waals surface area contributed by atoms with Gasteiger partial charge in [-0.1, -0.05) is 29.8 Å². The third-order valence-corrected chi connectivity index (χ3v) is 5.08. The number of phenols is 1. The second-order valence-corrected chi connectivity index (χ2v) is 6.90. The lowest BCUT2D eigenvalue weighted by Gasteiger charge is -2.31. The van der Waals surface area contributed by atoms with Crippen molar-refractivity contribution in [3.8, 4) is 11.8 Å². The van der Waals surface area contributed by atoms with E-state index in [2.05, 4.69) is 16.3 Å². The highest BCUT2D eigenvalue weighted by Gasteiger charge is 2.23. The molecule has 5 nitrogen and oxygen atoms in total. The van der Waals surface area contributed by atoms with Gasteiger partial charge in [0.2, 0.25) is 5.91 Å². The number of nitrogens with one attached hydrogen (secondary N) is 1. The smallest absolute Gasteiger partial charge is 0.241 e. The van der Waals surface area contributed by atoms with E-state index in [1.54, 1.807) is 30.3 Å². The Morgan fingerprint density at radius 2 is 2.04 bits per heavy atom. The van der Waals surface area contributed by atoms with Crippen LogP contribution in [0.3, 0.4) is 0 Å². The number of halogens is 1. The molecular formula is C21H20ClN3O2. The standard InChI is InChI=1S/C21H20ClN3O2/c1-14(21(27)24-18-5-2-17(13-23)20(22)12-18)25-10-8-16(9-11-25)15-3-6-19(26)7-4-15/h2-8,12,14,26H,9-11H2,1H3,(H,24,27). The maximum atomic E-state index is 12.6. The molecule has 0 aromatic heterocycles. The van der Waals surface area contributed by atoms with E-state index in [0.717, 1.165) is 18.5 Å². The highest BCUT2D eigenvalue weighted by atomic mass is 35.5. The molecule has 6 heteroatoms. The molecule has 0 saturated carbocycles. The minimum Gasteiger partial charge on any atom is -0.508 e. The van der Waals surface area contributed by atoms with Gasteiger partial charge in [0, 0.05) is 18.8 Å². The van der Waals surface area contributed by atoms with Gasteiger partial charge in [0.1, 0.15) is 11.8 Å². The molecule has 1 amide bonds. The highest BCUT2D eigenvalue weighted by Crippen LogP contribution is 2.25. The summed E-state index contributed by atoms with van der Waals surface area (Å²) < 4.78 is 0. The van der Waals surface area contributed by atoms with Gasteiger partial charge in [0.25, 0.3) is 0 Å². The van der Waals surface area contributed by atoms with Crippen molar-refractivity contribution < 1.29 is 9.90 Å². The lowest BCUT2D eigenvalue weighted by atomic mass is 9.98. The third kappa shape index (κ3) is 4.48. The number of aromatic hydroxyl groups is 1. The van der Waals surface area contributed by atoms with Gasteiger partial charge in [-0.15, -0.1) is 0 Å². The van der Waals surface area contributed by atoms with Crippen molar-refractivity contribution >= 4 is 28.8 Å². The van der Waals surface area contributed by atoms with Crippen molar-refractivity contribution in [3.63, 3.8) is 0 Å². The van der Waals surface area contributed by atoms with E-state index in [1.807, 2.05) is 25.1 Å². The molecule has 0 aliphatic carbocycles. The van der Waals surface area contributed by atoms with Crippen LogP contribution >= 0.6 is 11.6 Å². The lowest BCUT2D eigenvalue weighted by Crippen LogP contribution is -2.44. The van der Waals surface area contributed by atoms with Crippen LogP contribution in [0.5, 0.6) is 5.75 Å². The monoisotopic (exact) mass is 381 g/mol. The molecule has 138 valence electrons. The number of phenolic OH excluding ortho intramolecular Hbond substituents is 1. The van der Waals surface area contributed by atoms with Crippen LogP contribution in [0.25, 0.3) is 5.57 Å². The lowest BCUT2D eigenvalue weighted by molar-refractivity contribution is -0.120. The predicted octanol–water partition coefficient (Wildman–Crippen LogP) is 4.03. The molecule has 1 heterocycles. The van der Waals surface area contributed by atoms with Gasteiger partial charge in [0.05, 0.1) is 16.6 Å². The summed E-state index contributed by atoms with van der Waals surface area (Å²) in [6.07, 6.45) is 2.96. The SMILES string of the molecule is CC(C(=O)Nc1ccc(C#N)c(Cl)c1)N1CC=C(c2ccc(O)cc2)CC1. The van der Waals surface area contributed by atoms with Crippen LogP contribution in [0.15, 0.2) is 48.5 Å². The van der Waals surface area contributed by atoms with E-state index in [-0.39, 0.29) is 17.7 Å². The summed E-state index contributed by atoms with van der Waals surface area (Å²) in [6, 6.07) is 13.7. The number of anilines is 1. The van der Waals surface area contributed by atoms with Gasteiger partial charge in [-0.2, -0.15) is 5.26 Å². The number of rotatable bonds is 4. The Morgan fingerprint density at radius 3 is 2.63 bits per heavy atom. The van der Waals surface area contributed by atoms with Crippen LogP contribution in [0.2, 0.25) is 5.02 Å². The Kier molecular flexibility index (Phi) is 5.80. The summed E-state index contributed by atoms with van der Waals surface area (Å²) in [6.45, 7) is 3.33. The average Bonchev–Trinajstić information content (AvgIpc) is 2.68. The number of nitrogens with zero attached hydrogens (tertiary/aromatic N) is 2. The molecule has 27 heavy (non-hydrogen) atoms. The second kappa shape index (κ2) is 8.26. The minimum absolute atomic E-state index is 0.114. The maximum absolute atomic E-state index is 12.6. The highest BCUT2D eigenvalue weighted by molar-refractivity contribution is 6.32. The van der Waals surface area contributed by atoms with E-state index >= 15 is 0 Å². The zero-order chi connectivity index (χ0) is 19.4. The molecule has 2 aromatic carbocycles. The summed E-state index contributed by atoms with van der Waals surface area (Å²) in [5, 5.41) is 21.5. The number of amides is 1. The van der Waals surface area contributed by atoms with E-state index in [9.17, 15) is 9.90 Å². The molecule has 0 fully saturated rings. The Balaban J connectivity index is 1.62. The van der Waals surface area contributed by atoms with Crippen LogP contribution in [0, 0.1) is 11.3 Å². The Bertz CT molecular complexity index is 916. The van der Waals surface area contributed by atoms with Gasteiger partial charge in [-0.05, 0) is 54.8 Å². The number of hydrogen-bond donors (Lipinski definition) is 2. The van der Waals surface area contributed by atoms with Crippen molar-refractivity contribution in [1.82, 2.24) is 4.90 Å². The fourth-order valence-corrected chi connectivity index (χ4v) is 3.29. The fourth-order valence-electron chi connectivity index (χ4n) is 3.07. The third-order valence-electron chi connectivity index (χ3n) is 4.76. The van der Waals surface area contributed by atoms with Gasteiger partial charge in [0.15, 0.2) is 0 Å². The summed E-state index contributed by atoms with van der Waals surface area (Å²) in [7, 11) is 0. The van der Waals surface area contributed by atoms with Gasteiger partial charge >= 0.3 is 0 Å². The van der Waals surface area contributed by atoms with Crippen molar-refractivity contribution in [1.29, 1.82) is 5.26 Å². The van der Waals surface area contributed by atoms with Crippen LogP contribution < -0.4 is 5.32 Å². The molecule has 2 N–H and O–H groups in total. The summed E-state index contributed by atoms with van der Waals surface area (Å²) in [5.41, 5.74) is 3.27. The molecule has 2 aromatic rings. The molecule has 1 unspecified atom stereocenters. The first kappa shape index (κ1) is 19.0. The number of carbonyl (C=O) groups excluding carboxylic acids is 1. The molecule has 0 spiro atoms. The van der Waals surface area contributed by atoms with Crippen molar-refractivity contribution in [2.24, 2.45) is 0 Å². The van der Waals surface area contributed by atoms with Gasteiger partial charge in [-0.25, -0.2) is 0 Å². The molecule has 1 atom stereocenters. The van der Waals surface area contributed by atoms with Crippen LogP contribution in [-0.2, 0) is 4.79 Å². The van der Waals surface area contributed by atoms with Crippen molar-refractivity contribution in [2.75, 3.05) is 18.4 Å². The average molecular weight is 382 g/mol. The van der Waals surface area contributed by atoms with Crippen molar-refractivity contribution in [2.45, 2.75) is 19.4 Å². The number of benzene rings is 2. The zero-order valence-electron chi connectivity index (χ0n) is 14.9. The first-order valence-corrected chi connectivity index (χ1v) is 9.08. The Morgan fingerprint density at radius 1 is 1.30 bits per heavy atom. The second-order valence-electron chi connectivity index (χ2n) is 6.49. The molecule has 1 aliphatic heterocycles. The number of nitriles is 1. The van der Waals surface area contributed by atoms with Gasteiger partial charge < -0.3 is 10.4 Å². The fraction of sp³-hybridized carbons (Fsp3) is 0.238.